The number of likely N-dealkylation sites (tertiary alicyclic amines) is 2. The fourth-order valence-electron chi connectivity index (χ4n) is 6.13. The van der Waals surface area contributed by atoms with Crippen LogP contribution < -0.4 is 5.32 Å². The van der Waals surface area contributed by atoms with E-state index in [2.05, 4.69) is 15.1 Å². The lowest BCUT2D eigenvalue weighted by molar-refractivity contribution is -0.133. The van der Waals surface area contributed by atoms with Crippen molar-refractivity contribution in [1.82, 2.24) is 15.1 Å². The van der Waals surface area contributed by atoms with Crippen molar-refractivity contribution < 1.29 is 14.3 Å². The molecular formula is C25H43N3O3. The van der Waals surface area contributed by atoms with Crippen LogP contribution in [0.3, 0.4) is 0 Å². The molecule has 0 bridgehead atoms. The lowest BCUT2D eigenvalue weighted by atomic mass is 9.86. The molecule has 3 aliphatic heterocycles. The van der Waals surface area contributed by atoms with Crippen molar-refractivity contribution in [1.29, 1.82) is 0 Å². The minimum absolute atomic E-state index is 0.152. The summed E-state index contributed by atoms with van der Waals surface area (Å²) in [6.45, 7) is 5.36. The van der Waals surface area contributed by atoms with Crippen molar-refractivity contribution in [2.24, 2.45) is 11.8 Å². The van der Waals surface area contributed by atoms with Crippen molar-refractivity contribution in [3.8, 4) is 0 Å². The quantitative estimate of drug-likeness (QED) is 0.669. The molecule has 6 nitrogen and oxygen atoms in total. The van der Waals surface area contributed by atoms with Gasteiger partial charge in [0.1, 0.15) is 0 Å². The maximum Gasteiger partial charge on any atom is 0.223 e. The standard InChI is InChI=1S/C25H43N3O3/c29-24(9-8-20-5-2-1-3-6-20)28-16-12-22(13-17-28)27-14-10-21(11-15-27)25(30)26-19-23-7-4-18-31-23/h20-23H,1-19H2,(H,26,30). The number of amides is 2. The molecule has 0 radical (unpaired) electrons. The van der Waals surface area contributed by atoms with E-state index < -0.39 is 0 Å². The number of hydrogen-bond donors (Lipinski definition) is 1. The van der Waals surface area contributed by atoms with E-state index in [-0.39, 0.29) is 17.9 Å². The Morgan fingerprint density at radius 1 is 0.839 bits per heavy atom. The van der Waals surface area contributed by atoms with Crippen molar-refractivity contribution in [2.45, 2.75) is 95.6 Å². The molecule has 3 saturated heterocycles. The molecule has 1 aliphatic carbocycles. The van der Waals surface area contributed by atoms with E-state index in [9.17, 15) is 9.59 Å². The monoisotopic (exact) mass is 433 g/mol. The van der Waals surface area contributed by atoms with Gasteiger partial charge in [0.2, 0.25) is 11.8 Å². The molecule has 0 aromatic rings. The number of carbonyl (C=O) groups is 2. The zero-order valence-electron chi connectivity index (χ0n) is 19.4. The number of rotatable bonds is 7. The maximum atomic E-state index is 12.7. The number of ether oxygens (including phenoxy) is 1. The number of nitrogens with zero attached hydrogens (tertiary/aromatic N) is 2. The summed E-state index contributed by atoms with van der Waals surface area (Å²) in [5.74, 6) is 1.54. The summed E-state index contributed by atoms with van der Waals surface area (Å²) < 4.78 is 5.61. The predicted octanol–water partition coefficient (Wildman–Crippen LogP) is 3.35. The predicted molar refractivity (Wildman–Crippen MR) is 122 cm³/mol. The normalized spacial score (nSPS) is 27.5. The first-order valence-corrected chi connectivity index (χ1v) is 13.1. The van der Waals surface area contributed by atoms with Crippen molar-refractivity contribution >= 4 is 11.8 Å². The zero-order valence-corrected chi connectivity index (χ0v) is 19.4. The van der Waals surface area contributed by atoms with Gasteiger partial charge in [0.15, 0.2) is 0 Å². The highest BCUT2D eigenvalue weighted by atomic mass is 16.5. The molecule has 3 heterocycles. The van der Waals surface area contributed by atoms with Gasteiger partial charge in [-0.15, -0.1) is 0 Å². The van der Waals surface area contributed by atoms with E-state index >= 15 is 0 Å². The number of nitrogens with one attached hydrogen (secondary N) is 1. The minimum atomic E-state index is 0.152. The van der Waals surface area contributed by atoms with Crippen LogP contribution in [0.2, 0.25) is 0 Å². The molecule has 176 valence electrons. The van der Waals surface area contributed by atoms with Gasteiger partial charge in [-0.25, -0.2) is 0 Å². The number of hydrogen-bond acceptors (Lipinski definition) is 4. The summed E-state index contributed by atoms with van der Waals surface area (Å²) in [7, 11) is 0. The molecule has 1 N–H and O–H groups in total. The molecule has 1 unspecified atom stereocenters. The fraction of sp³-hybridized carbons (Fsp3) is 0.920. The fourth-order valence-corrected chi connectivity index (χ4v) is 6.13. The summed E-state index contributed by atoms with van der Waals surface area (Å²) in [6, 6.07) is 0.582. The molecule has 4 rings (SSSR count). The second kappa shape index (κ2) is 11.6. The van der Waals surface area contributed by atoms with Crippen LogP contribution in [0.15, 0.2) is 0 Å². The molecule has 6 heteroatoms. The molecule has 4 fully saturated rings. The summed E-state index contributed by atoms with van der Waals surface area (Å²) in [6.07, 6.45) is 15.1. The van der Waals surface area contributed by atoms with Gasteiger partial charge in [0.05, 0.1) is 6.10 Å². The average Bonchev–Trinajstić information content (AvgIpc) is 3.36. The highest BCUT2D eigenvalue weighted by Gasteiger charge is 2.32. The van der Waals surface area contributed by atoms with Crippen molar-refractivity contribution in [2.75, 3.05) is 39.3 Å². The molecular weight excluding hydrogens is 390 g/mol. The Hall–Kier alpha value is -1.14. The lowest BCUT2D eigenvalue weighted by Crippen LogP contribution is -2.50. The Morgan fingerprint density at radius 2 is 1.58 bits per heavy atom. The highest BCUT2D eigenvalue weighted by Crippen LogP contribution is 2.28. The van der Waals surface area contributed by atoms with E-state index in [1.54, 1.807) is 0 Å². The van der Waals surface area contributed by atoms with Gasteiger partial charge in [-0.05, 0) is 64.0 Å². The SMILES string of the molecule is O=C(NCC1CCCO1)C1CCN(C2CCN(C(=O)CCC3CCCCC3)CC2)CC1. The largest absolute Gasteiger partial charge is 0.376 e. The van der Waals surface area contributed by atoms with Gasteiger partial charge in [0.25, 0.3) is 0 Å². The first-order valence-electron chi connectivity index (χ1n) is 13.1. The van der Waals surface area contributed by atoms with Crippen LogP contribution in [-0.4, -0.2) is 73.1 Å². The average molecular weight is 434 g/mol. The van der Waals surface area contributed by atoms with E-state index in [0.29, 0.717) is 18.5 Å². The molecule has 31 heavy (non-hydrogen) atoms. The van der Waals surface area contributed by atoms with Crippen LogP contribution in [0.4, 0.5) is 0 Å². The summed E-state index contributed by atoms with van der Waals surface area (Å²) >= 11 is 0. The Bertz CT molecular complexity index is 571. The van der Waals surface area contributed by atoms with Gasteiger partial charge in [-0.2, -0.15) is 0 Å². The van der Waals surface area contributed by atoms with Crippen molar-refractivity contribution in [3.05, 3.63) is 0 Å². The Labute approximate surface area is 188 Å². The third kappa shape index (κ3) is 6.67. The third-order valence-corrected chi connectivity index (χ3v) is 8.25. The topological polar surface area (TPSA) is 61.9 Å². The summed E-state index contributed by atoms with van der Waals surface area (Å²) in [4.78, 5) is 29.9. The first kappa shape index (κ1) is 23.0. The van der Waals surface area contributed by atoms with Crippen LogP contribution in [-0.2, 0) is 14.3 Å². The van der Waals surface area contributed by atoms with Gasteiger partial charge in [0, 0.05) is 44.6 Å². The zero-order chi connectivity index (χ0) is 21.5. The van der Waals surface area contributed by atoms with E-state index in [1.165, 1.54) is 32.1 Å². The molecule has 0 aromatic carbocycles. The number of piperidine rings is 2. The second-order valence-corrected chi connectivity index (χ2v) is 10.3. The minimum Gasteiger partial charge on any atom is -0.376 e. The van der Waals surface area contributed by atoms with E-state index in [0.717, 1.165) is 90.1 Å². The highest BCUT2D eigenvalue weighted by molar-refractivity contribution is 5.78. The smallest absolute Gasteiger partial charge is 0.223 e. The summed E-state index contributed by atoms with van der Waals surface area (Å²) in [5.41, 5.74) is 0. The second-order valence-electron chi connectivity index (χ2n) is 10.3. The molecule has 2 amide bonds. The Morgan fingerprint density at radius 3 is 2.26 bits per heavy atom. The van der Waals surface area contributed by atoms with Crippen molar-refractivity contribution in [3.63, 3.8) is 0 Å². The molecule has 1 atom stereocenters. The van der Waals surface area contributed by atoms with Gasteiger partial charge in [-0.1, -0.05) is 32.1 Å². The van der Waals surface area contributed by atoms with Gasteiger partial charge < -0.3 is 19.9 Å². The third-order valence-electron chi connectivity index (χ3n) is 8.25. The molecule has 0 spiro atoms. The molecule has 4 aliphatic rings. The van der Waals surface area contributed by atoms with Crippen LogP contribution in [0.25, 0.3) is 0 Å². The lowest BCUT2D eigenvalue weighted by Gasteiger charge is -2.41. The van der Waals surface area contributed by atoms with Gasteiger partial charge in [-0.3, -0.25) is 9.59 Å². The van der Waals surface area contributed by atoms with Crippen LogP contribution in [0.5, 0.6) is 0 Å². The van der Waals surface area contributed by atoms with Gasteiger partial charge >= 0.3 is 0 Å². The van der Waals surface area contributed by atoms with Crippen LogP contribution in [0, 0.1) is 11.8 Å². The summed E-state index contributed by atoms with van der Waals surface area (Å²) in [5, 5.41) is 3.12. The maximum absolute atomic E-state index is 12.7. The van der Waals surface area contributed by atoms with E-state index in [1.807, 2.05) is 0 Å². The first-order chi connectivity index (χ1) is 15.2. The number of carbonyl (C=O) groups excluding carboxylic acids is 2. The van der Waals surface area contributed by atoms with Crippen LogP contribution in [0.1, 0.15) is 83.5 Å². The van der Waals surface area contributed by atoms with E-state index in [4.69, 9.17) is 4.74 Å². The molecule has 0 aromatic heterocycles. The molecule has 1 saturated carbocycles. The van der Waals surface area contributed by atoms with Crippen LogP contribution >= 0.6 is 0 Å². The Balaban J connectivity index is 1.10. The Kier molecular flexibility index (Phi) is 8.65.